The Labute approximate surface area is 97.9 Å². The molecule has 0 bridgehead atoms. The van der Waals surface area contributed by atoms with E-state index in [1.54, 1.807) is 7.05 Å². The van der Waals surface area contributed by atoms with Gasteiger partial charge in [0.05, 0.1) is 4.99 Å². The fourth-order valence-electron chi connectivity index (χ4n) is 1.25. The summed E-state index contributed by atoms with van der Waals surface area (Å²) in [5.41, 5.74) is 5.36. The van der Waals surface area contributed by atoms with Crippen molar-refractivity contribution in [2.24, 2.45) is 5.73 Å². The first-order valence-electron chi connectivity index (χ1n) is 5.01. The monoisotopic (exact) mass is 252 g/mol. The van der Waals surface area contributed by atoms with Gasteiger partial charge < -0.3 is 5.73 Å². The third-order valence-corrected chi connectivity index (χ3v) is 5.39. The molecule has 0 aromatic rings. The predicted molar refractivity (Wildman–Crippen MR) is 67.3 cm³/mol. The normalized spacial score (nSPS) is 16.3. The molecule has 0 aliphatic carbocycles. The molecule has 90 valence electrons. The molecule has 0 aromatic heterocycles. The second kappa shape index (κ2) is 5.77. The molecule has 0 rings (SSSR count). The van der Waals surface area contributed by atoms with Crippen LogP contribution in [-0.2, 0) is 10.0 Å². The highest BCUT2D eigenvalue weighted by Gasteiger charge is 2.30. The molecule has 0 aliphatic heterocycles. The maximum Gasteiger partial charge on any atom is 0.223 e. The van der Waals surface area contributed by atoms with Gasteiger partial charge in [0.15, 0.2) is 0 Å². The van der Waals surface area contributed by atoms with Crippen LogP contribution in [0.3, 0.4) is 0 Å². The van der Waals surface area contributed by atoms with Crippen LogP contribution in [0.1, 0.15) is 33.6 Å². The van der Waals surface area contributed by atoms with Crippen molar-refractivity contribution in [2.45, 2.75) is 44.9 Å². The number of sulfonamides is 1. The molecule has 0 amide bonds. The van der Waals surface area contributed by atoms with Crippen molar-refractivity contribution in [3.63, 3.8) is 0 Å². The summed E-state index contributed by atoms with van der Waals surface area (Å²) in [5, 5.41) is -0.795. The van der Waals surface area contributed by atoms with Gasteiger partial charge in [-0.1, -0.05) is 25.6 Å². The van der Waals surface area contributed by atoms with Gasteiger partial charge in [-0.15, -0.1) is 0 Å². The Hall–Kier alpha value is -0.200. The molecule has 15 heavy (non-hydrogen) atoms. The molecule has 0 saturated heterocycles. The molecule has 6 heteroatoms. The second-order valence-corrected chi connectivity index (χ2v) is 6.53. The third-order valence-electron chi connectivity index (χ3n) is 2.58. The summed E-state index contributed by atoms with van der Waals surface area (Å²) in [6, 6.07) is -0.0169. The molecule has 0 fully saturated rings. The topological polar surface area (TPSA) is 63.4 Å². The van der Waals surface area contributed by atoms with Crippen LogP contribution in [0.5, 0.6) is 0 Å². The first kappa shape index (κ1) is 14.8. The van der Waals surface area contributed by atoms with Gasteiger partial charge >= 0.3 is 0 Å². The van der Waals surface area contributed by atoms with Gasteiger partial charge in [0, 0.05) is 13.1 Å². The van der Waals surface area contributed by atoms with E-state index in [4.69, 9.17) is 18.0 Å². The quantitative estimate of drug-likeness (QED) is 0.719. The molecule has 0 saturated carbocycles. The first-order chi connectivity index (χ1) is 6.75. The lowest BCUT2D eigenvalue weighted by molar-refractivity contribution is 0.367. The van der Waals surface area contributed by atoms with Crippen LogP contribution in [0.4, 0.5) is 0 Å². The minimum atomic E-state index is -3.39. The molecule has 0 radical (unpaired) electrons. The van der Waals surface area contributed by atoms with Crippen molar-refractivity contribution >= 4 is 27.2 Å². The molecule has 0 spiro atoms. The standard InChI is InChI=1S/C9H20N2O2S2/c1-5-6-7(2)11(4)15(12,13)8(3)9(10)14/h7-8H,5-6H2,1-4H3,(H2,10,14). The van der Waals surface area contributed by atoms with Crippen molar-refractivity contribution in [1.29, 1.82) is 0 Å². The number of nitrogens with two attached hydrogens (primary N) is 1. The Bertz CT molecular complexity index is 314. The SMILES string of the molecule is CCCC(C)N(C)S(=O)(=O)C(C)C(N)=S. The Morgan fingerprint density at radius 3 is 2.27 bits per heavy atom. The number of hydrogen-bond acceptors (Lipinski definition) is 3. The fourth-order valence-corrected chi connectivity index (χ4v) is 3.01. The van der Waals surface area contributed by atoms with Gasteiger partial charge in [0.25, 0.3) is 0 Å². The average Bonchev–Trinajstić information content (AvgIpc) is 2.15. The molecule has 2 atom stereocenters. The van der Waals surface area contributed by atoms with E-state index in [1.807, 2.05) is 13.8 Å². The highest BCUT2D eigenvalue weighted by molar-refractivity contribution is 7.92. The minimum Gasteiger partial charge on any atom is -0.392 e. The smallest absolute Gasteiger partial charge is 0.223 e. The lowest BCUT2D eigenvalue weighted by Gasteiger charge is -2.26. The van der Waals surface area contributed by atoms with Crippen LogP contribution in [-0.4, -0.2) is 36.1 Å². The molecular weight excluding hydrogens is 232 g/mol. The maximum atomic E-state index is 11.9. The summed E-state index contributed by atoms with van der Waals surface area (Å²) < 4.78 is 25.3. The number of thiocarbonyl (C=S) groups is 1. The van der Waals surface area contributed by atoms with E-state index in [1.165, 1.54) is 11.2 Å². The molecular formula is C9H20N2O2S2. The van der Waals surface area contributed by atoms with Crippen molar-refractivity contribution in [1.82, 2.24) is 4.31 Å². The Balaban J connectivity index is 4.80. The number of hydrogen-bond donors (Lipinski definition) is 1. The van der Waals surface area contributed by atoms with Crippen LogP contribution in [0.15, 0.2) is 0 Å². The van der Waals surface area contributed by atoms with E-state index >= 15 is 0 Å². The predicted octanol–water partition coefficient (Wildman–Crippen LogP) is 1.11. The van der Waals surface area contributed by atoms with E-state index in [0.29, 0.717) is 0 Å². The minimum absolute atomic E-state index is 0.0169. The Morgan fingerprint density at radius 2 is 1.93 bits per heavy atom. The van der Waals surface area contributed by atoms with Crippen LogP contribution in [0.2, 0.25) is 0 Å². The summed E-state index contributed by atoms with van der Waals surface area (Å²) in [6.45, 7) is 5.42. The Kier molecular flexibility index (Phi) is 5.69. The van der Waals surface area contributed by atoms with E-state index in [9.17, 15) is 8.42 Å². The van der Waals surface area contributed by atoms with Crippen molar-refractivity contribution in [3.8, 4) is 0 Å². The maximum absolute atomic E-state index is 11.9. The summed E-state index contributed by atoms with van der Waals surface area (Å²) in [6.07, 6.45) is 1.78. The number of rotatable bonds is 6. The van der Waals surface area contributed by atoms with Gasteiger partial charge in [-0.3, -0.25) is 0 Å². The number of nitrogens with zero attached hydrogens (tertiary/aromatic N) is 1. The lowest BCUT2D eigenvalue weighted by atomic mass is 10.2. The Morgan fingerprint density at radius 1 is 1.47 bits per heavy atom. The van der Waals surface area contributed by atoms with Crippen LogP contribution in [0, 0.1) is 0 Å². The van der Waals surface area contributed by atoms with Crippen molar-refractivity contribution in [2.75, 3.05) is 7.05 Å². The van der Waals surface area contributed by atoms with Gasteiger partial charge in [-0.05, 0) is 20.3 Å². The molecule has 2 unspecified atom stereocenters. The third kappa shape index (κ3) is 3.70. The van der Waals surface area contributed by atoms with Crippen LogP contribution < -0.4 is 5.73 Å². The van der Waals surface area contributed by atoms with E-state index in [0.717, 1.165) is 12.8 Å². The summed E-state index contributed by atoms with van der Waals surface area (Å²) in [7, 11) is -1.82. The highest BCUT2D eigenvalue weighted by Crippen LogP contribution is 2.14. The van der Waals surface area contributed by atoms with Gasteiger partial charge in [-0.2, -0.15) is 0 Å². The summed E-state index contributed by atoms with van der Waals surface area (Å²) in [4.78, 5) is 0.0190. The second-order valence-electron chi connectivity index (χ2n) is 3.74. The summed E-state index contributed by atoms with van der Waals surface area (Å²) in [5.74, 6) is 0. The molecule has 0 aromatic carbocycles. The zero-order valence-corrected chi connectivity index (χ0v) is 11.4. The molecule has 0 heterocycles. The van der Waals surface area contributed by atoms with Gasteiger partial charge in [0.1, 0.15) is 5.25 Å². The molecule has 4 nitrogen and oxygen atoms in total. The average molecular weight is 252 g/mol. The molecule has 0 aliphatic rings. The van der Waals surface area contributed by atoms with Crippen LogP contribution in [0.25, 0.3) is 0 Å². The van der Waals surface area contributed by atoms with Crippen molar-refractivity contribution in [3.05, 3.63) is 0 Å². The lowest BCUT2D eigenvalue weighted by Crippen LogP contribution is -2.44. The van der Waals surface area contributed by atoms with Crippen LogP contribution >= 0.6 is 12.2 Å². The van der Waals surface area contributed by atoms with E-state index in [-0.39, 0.29) is 11.0 Å². The highest BCUT2D eigenvalue weighted by atomic mass is 32.2. The van der Waals surface area contributed by atoms with E-state index in [2.05, 4.69) is 0 Å². The zero-order valence-electron chi connectivity index (χ0n) is 9.73. The fraction of sp³-hybridized carbons (Fsp3) is 0.889. The van der Waals surface area contributed by atoms with Gasteiger partial charge in [0.2, 0.25) is 10.0 Å². The molecule has 2 N–H and O–H groups in total. The van der Waals surface area contributed by atoms with Crippen molar-refractivity contribution < 1.29 is 8.42 Å². The largest absolute Gasteiger partial charge is 0.392 e. The zero-order chi connectivity index (χ0) is 12.2. The first-order valence-corrected chi connectivity index (χ1v) is 6.92. The summed E-state index contributed by atoms with van der Waals surface area (Å²) >= 11 is 4.71. The van der Waals surface area contributed by atoms with E-state index < -0.39 is 15.3 Å². The van der Waals surface area contributed by atoms with Gasteiger partial charge in [-0.25, -0.2) is 12.7 Å².